The van der Waals surface area contributed by atoms with E-state index in [-0.39, 0.29) is 11.8 Å². The first-order valence-electron chi connectivity index (χ1n) is 7.63. The Hall–Kier alpha value is -2.02. The summed E-state index contributed by atoms with van der Waals surface area (Å²) in [6.45, 7) is 5.72. The van der Waals surface area contributed by atoms with E-state index in [9.17, 15) is 18.4 Å². The molecule has 1 unspecified atom stereocenters. The van der Waals surface area contributed by atoms with E-state index in [0.29, 0.717) is 12.5 Å². The summed E-state index contributed by atoms with van der Waals surface area (Å²) in [7, 11) is 0. The molecule has 0 spiro atoms. The standard InChI is InChI=1S/C16H21F2N3O2/c1-9(2)14(16(23)20-8-10-6-19-7-10)21-15(22)13-11(17)4-3-5-12(13)18/h3-5,9-10,14,19H,6-8H2,1-2H3,(H,20,23)(H,21,22). The van der Waals surface area contributed by atoms with Gasteiger partial charge in [-0.25, -0.2) is 8.78 Å². The summed E-state index contributed by atoms with van der Waals surface area (Å²) in [6, 6.07) is 2.34. The van der Waals surface area contributed by atoms with Crippen LogP contribution in [0.1, 0.15) is 24.2 Å². The molecule has 1 fully saturated rings. The Morgan fingerprint density at radius 3 is 2.35 bits per heavy atom. The topological polar surface area (TPSA) is 70.2 Å². The van der Waals surface area contributed by atoms with Crippen LogP contribution < -0.4 is 16.0 Å². The second-order valence-electron chi connectivity index (χ2n) is 6.06. The molecular formula is C16H21F2N3O2. The van der Waals surface area contributed by atoms with Crippen LogP contribution in [0.3, 0.4) is 0 Å². The predicted octanol–water partition coefficient (Wildman–Crippen LogP) is 1.05. The first-order chi connectivity index (χ1) is 10.9. The summed E-state index contributed by atoms with van der Waals surface area (Å²) < 4.78 is 27.3. The first kappa shape index (κ1) is 17.3. The number of amides is 2. The number of carbonyl (C=O) groups is 2. The van der Waals surface area contributed by atoms with Crippen LogP contribution in [0.15, 0.2) is 18.2 Å². The molecule has 1 aliphatic heterocycles. The van der Waals surface area contributed by atoms with E-state index in [1.807, 2.05) is 0 Å². The molecule has 1 heterocycles. The van der Waals surface area contributed by atoms with Gasteiger partial charge in [-0.1, -0.05) is 19.9 Å². The minimum absolute atomic E-state index is 0.215. The van der Waals surface area contributed by atoms with Gasteiger partial charge in [0, 0.05) is 25.6 Å². The van der Waals surface area contributed by atoms with Crippen molar-refractivity contribution in [1.29, 1.82) is 0 Å². The second-order valence-corrected chi connectivity index (χ2v) is 6.06. The number of carbonyl (C=O) groups excluding carboxylic acids is 2. The fraction of sp³-hybridized carbons (Fsp3) is 0.500. The normalized spacial score (nSPS) is 15.9. The van der Waals surface area contributed by atoms with E-state index in [4.69, 9.17) is 0 Å². The third-order valence-electron chi connectivity index (χ3n) is 3.86. The van der Waals surface area contributed by atoms with Gasteiger partial charge in [0.25, 0.3) is 5.91 Å². The average molecular weight is 325 g/mol. The Labute approximate surface area is 133 Å². The summed E-state index contributed by atoms with van der Waals surface area (Å²) in [6.07, 6.45) is 0. The Morgan fingerprint density at radius 2 is 1.87 bits per heavy atom. The third-order valence-corrected chi connectivity index (χ3v) is 3.86. The van der Waals surface area contributed by atoms with E-state index in [2.05, 4.69) is 16.0 Å². The van der Waals surface area contributed by atoms with Gasteiger partial charge in [-0.2, -0.15) is 0 Å². The van der Waals surface area contributed by atoms with E-state index >= 15 is 0 Å². The molecule has 23 heavy (non-hydrogen) atoms. The van der Waals surface area contributed by atoms with Crippen LogP contribution in [0.5, 0.6) is 0 Å². The summed E-state index contributed by atoms with van der Waals surface area (Å²) in [5.41, 5.74) is -0.672. The lowest BCUT2D eigenvalue weighted by Crippen LogP contribution is -2.54. The van der Waals surface area contributed by atoms with Crippen LogP contribution >= 0.6 is 0 Å². The Balaban J connectivity index is 2.03. The first-order valence-corrected chi connectivity index (χ1v) is 7.63. The number of hydrogen-bond acceptors (Lipinski definition) is 3. The minimum atomic E-state index is -0.953. The van der Waals surface area contributed by atoms with Crippen molar-refractivity contribution >= 4 is 11.8 Å². The number of halogens is 2. The number of hydrogen-bond donors (Lipinski definition) is 3. The van der Waals surface area contributed by atoms with Gasteiger partial charge in [0.15, 0.2) is 0 Å². The zero-order valence-electron chi connectivity index (χ0n) is 13.2. The molecule has 1 saturated heterocycles. The van der Waals surface area contributed by atoms with E-state index < -0.39 is 29.1 Å². The minimum Gasteiger partial charge on any atom is -0.354 e. The Kier molecular flexibility index (Phi) is 5.65. The van der Waals surface area contributed by atoms with Crippen LogP contribution in [0.25, 0.3) is 0 Å². The molecule has 7 heteroatoms. The molecule has 0 saturated carbocycles. The molecule has 0 bridgehead atoms. The highest BCUT2D eigenvalue weighted by atomic mass is 19.1. The molecule has 1 aromatic carbocycles. The SMILES string of the molecule is CC(C)C(NC(=O)c1c(F)cccc1F)C(=O)NCC1CNC1. The molecule has 126 valence electrons. The van der Waals surface area contributed by atoms with Crippen LogP contribution in [-0.2, 0) is 4.79 Å². The molecule has 5 nitrogen and oxygen atoms in total. The van der Waals surface area contributed by atoms with Crippen molar-refractivity contribution in [3.8, 4) is 0 Å². The van der Waals surface area contributed by atoms with Crippen LogP contribution in [-0.4, -0.2) is 37.5 Å². The summed E-state index contributed by atoms with van der Waals surface area (Å²) >= 11 is 0. The van der Waals surface area contributed by atoms with Crippen molar-refractivity contribution in [2.75, 3.05) is 19.6 Å². The predicted molar refractivity (Wildman–Crippen MR) is 81.8 cm³/mol. The maximum absolute atomic E-state index is 13.7. The lowest BCUT2D eigenvalue weighted by Gasteiger charge is -2.29. The van der Waals surface area contributed by atoms with Crippen LogP contribution in [0, 0.1) is 23.5 Å². The smallest absolute Gasteiger partial charge is 0.257 e. The van der Waals surface area contributed by atoms with E-state index in [0.717, 1.165) is 25.2 Å². The van der Waals surface area contributed by atoms with Crippen LogP contribution in [0.2, 0.25) is 0 Å². The summed E-state index contributed by atoms with van der Waals surface area (Å²) in [4.78, 5) is 24.4. The molecular weight excluding hydrogens is 304 g/mol. The lowest BCUT2D eigenvalue weighted by atomic mass is 10.0. The lowest BCUT2D eigenvalue weighted by molar-refractivity contribution is -0.124. The highest BCUT2D eigenvalue weighted by molar-refractivity contribution is 5.98. The van der Waals surface area contributed by atoms with Crippen molar-refractivity contribution in [2.45, 2.75) is 19.9 Å². The largest absolute Gasteiger partial charge is 0.354 e. The van der Waals surface area contributed by atoms with Gasteiger partial charge >= 0.3 is 0 Å². The fourth-order valence-corrected chi connectivity index (χ4v) is 2.31. The molecule has 1 aliphatic rings. The molecule has 0 aliphatic carbocycles. The molecule has 0 aromatic heterocycles. The van der Waals surface area contributed by atoms with Gasteiger partial charge in [0.2, 0.25) is 5.91 Å². The van der Waals surface area contributed by atoms with E-state index in [1.54, 1.807) is 13.8 Å². The highest BCUT2D eigenvalue weighted by Gasteiger charge is 2.28. The fourth-order valence-electron chi connectivity index (χ4n) is 2.31. The second kappa shape index (κ2) is 7.50. The van der Waals surface area contributed by atoms with Crippen molar-refractivity contribution in [2.24, 2.45) is 11.8 Å². The van der Waals surface area contributed by atoms with Crippen LogP contribution in [0.4, 0.5) is 8.78 Å². The van der Waals surface area contributed by atoms with Gasteiger partial charge < -0.3 is 16.0 Å². The zero-order chi connectivity index (χ0) is 17.0. The summed E-state index contributed by atoms with van der Waals surface area (Å²) in [5.74, 6) is -3.02. The molecule has 1 aromatic rings. The third kappa shape index (κ3) is 4.25. The van der Waals surface area contributed by atoms with Gasteiger partial charge in [-0.05, 0) is 18.1 Å². The number of nitrogens with one attached hydrogen (secondary N) is 3. The van der Waals surface area contributed by atoms with Crippen molar-refractivity contribution in [1.82, 2.24) is 16.0 Å². The van der Waals surface area contributed by atoms with Crippen molar-refractivity contribution in [3.05, 3.63) is 35.4 Å². The summed E-state index contributed by atoms with van der Waals surface area (Å²) in [5, 5.41) is 8.30. The maximum Gasteiger partial charge on any atom is 0.257 e. The number of benzene rings is 1. The molecule has 3 N–H and O–H groups in total. The quantitative estimate of drug-likeness (QED) is 0.732. The maximum atomic E-state index is 13.7. The van der Waals surface area contributed by atoms with Crippen molar-refractivity contribution < 1.29 is 18.4 Å². The van der Waals surface area contributed by atoms with E-state index in [1.165, 1.54) is 6.07 Å². The zero-order valence-corrected chi connectivity index (χ0v) is 13.2. The molecule has 0 radical (unpaired) electrons. The van der Waals surface area contributed by atoms with Crippen molar-refractivity contribution in [3.63, 3.8) is 0 Å². The molecule has 2 rings (SSSR count). The highest BCUT2D eigenvalue weighted by Crippen LogP contribution is 2.13. The van der Waals surface area contributed by atoms with Gasteiger partial charge in [-0.3, -0.25) is 9.59 Å². The number of rotatable bonds is 6. The Bertz CT molecular complexity index is 568. The van der Waals surface area contributed by atoms with Gasteiger partial charge in [-0.15, -0.1) is 0 Å². The molecule has 1 atom stereocenters. The Morgan fingerprint density at radius 1 is 1.26 bits per heavy atom. The average Bonchev–Trinajstić information content (AvgIpc) is 2.42. The van der Waals surface area contributed by atoms with Gasteiger partial charge in [0.05, 0.1) is 0 Å². The monoisotopic (exact) mass is 325 g/mol. The van der Waals surface area contributed by atoms with Gasteiger partial charge in [0.1, 0.15) is 23.2 Å². The molecule has 2 amide bonds.